The van der Waals surface area contributed by atoms with E-state index in [1.54, 1.807) is 0 Å². The lowest BCUT2D eigenvalue weighted by Gasteiger charge is -2.42. The Morgan fingerprint density at radius 2 is 1.27 bits per heavy atom. The van der Waals surface area contributed by atoms with Gasteiger partial charge in [0, 0.05) is 19.2 Å². The Morgan fingerprint density at radius 3 is 1.65 bits per heavy atom. The van der Waals surface area contributed by atoms with Gasteiger partial charge in [-0.2, -0.15) is 0 Å². The normalized spacial score (nSPS) is 23.2. The van der Waals surface area contributed by atoms with Gasteiger partial charge in [-0.1, -0.05) is 0 Å². The van der Waals surface area contributed by atoms with Crippen molar-refractivity contribution < 1.29 is 48.9 Å². The van der Waals surface area contributed by atoms with Crippen LogP contribution in [0.4, 0.5) is 22.7 Å². The first kappa shape index (κ1) is 27.1. The van der Waals surface area contributed by atoms with Gasteiger partial charge in [0.05, 0.1) is 38.4 Å². The van der Waals surface area contributed by atoms with Crippen LogP contribution in [0.2, 0.25) is 0 Å². The molecule has 0 aromatic heterocycles. The predicted octanol–water partition coefficient (Wildman–Crippen LogP) is 1.24. The van der Waals surface area contributed by atoms with Crippen molar-refractivity contribution in [3.05, 3.63) is 76.9 Å². The van der Waals surface area contributed by atoms with Crippen LogP contribution >= 0.6 is 0 Å². The largest absolute Gasteiger partial charge is 0.476 e. The molecule has 1 saturated heterocycles. The highest BCUT2D eigenvalue weighted by molar-refractivity contribution is 5.54. The number of aliphatic hydroxyl groups excluding tert-OH is 2. The molecule has 0 saturated carbocycles. The minimum atomic E-state index is -1.76. The second-order valence-corrected chi connectivity index (χ2v) is 7.45. The van der Waals surface area contributed by atoms with Crippen molar-refractivity contribution in [3.63, 3.8) is 0 Å². The molecule has 1 fully saturated rings. The fourth-order valence-corrected chi connectivity index (χ4v) is 3.51. The quantitative estimate of drug-likeness (QED) is 0.326. The molecule has 0 spiro atoms. The molecule has 2 aromatic rings. The Hall–Kier alpha value is -4.52. The van der Waals surface area contributed by atoms with Gasteiger partial charge in [-0.05, 0) is 12.1 Å². The van der Waals surface area contributed by atoms with E-state index in [1.807, 2.05) is 0 Å². The van der Waals surface area contributed by atoms with Gasteiger partial charge >= 0.3 is 11.4 Å². The third-order valence-corrected chi connectivity index (χ3v) is 5.26. The highest BCUT2D eigenvalue weighted by Gasteiger charge is 2.50. The fourth-order valence-electron chi connectivity index (χ4n) is 3.51. The second-order valence-electron chi connectivity index (χ2n) is 7.45. The minimum absolute atomic E-state index is 0.521. The number of hydrogen-bond acceptors (Lipinski definition) is 14. The first-order valence-electron chi connectivity index (χ1n) is 10.1. The van der Waals surface area contributed by atoms with E-state index < -0.39 is 91.3 Å². The number of rotatable bonds is 10. The Labute approximate surface area is 205 Å². The number of hydrogen-bond donors (Lipinski definition) is 2. The van der Waals surface area contributed by atoms with Gasteiger partial charge in [-0.3, -0.25) is 40.5 Å². The molecule has 2 aromatic carbocycles. The third kappa shape index (κ3) is 5.67. The van der Waals surface area contributed by atoms with Crippen LogP contribution in [0.15, 0.2) is 36.4 Å². The summed E-state index contributed by atoms with van der Waals surface area (Å²) >= 11 is 0. The van der Waals surface area contributed by atoms with Crippen LogP contribution in [-0.2, 0) is 9.47 Å². The van der Waals surface area contributed by atoms with Crippen LogP contribution in [0.1, 0.15) is 0 Å². The van der Waals surface area contributed by atoms with Gasteiger partial charge in [0.15, 0.2) is 30.0 Å². The average Bonchev–Trinajstić information content (AvgIpc) is 2.86. The van der Waals surface area contributed by atoms with Crippen LogP contribution < -0.4 is 9.47 Å². The SMILES string of the molecule is CO[C@H]1O[C@H](CO)[C@@H](O)[C@H](Oc2ccc([N+](=O)[O-])cc2[N+](=O)[O-])[C@H]1Oc1ccc([N+](=O)[O-])cc1[N+](=O)[O-]. The van der Waals surface area contributed by atoms with Crippen LogP contribution in [0.3, 0.4) is 0 Å². The maximum Gasteiger partial charge on any atom is 0.317 e. The molecule has 0 bridgehead atoms. The van der Waals surface area contributed by atoms with Crippen molar-refractivity contribution in [2.24, 2.45) is 0 Å². The van der Waals surface area contributed by atoms with Crippen molar-refractivity contribution in [3.8, 4) is 11.5 Å². The van der Waals surface area contributed by atoms with Crippen LogP contribution in [0.25, 0.3) is 0 Å². The maximum atomic E-state index is 11.5. The van der Waals surface area contributed by atoms with E-state index in [-0.39, 0.29) is 0 Å². The number of nitrogens with zero attached hydrogens (tertiary/aromatic N) is 4. The monoisotopic (exact) mass is 526 g/mol. The van der Waals surface area contributed by atoms with Crippen molar-refractivity contribution in [2.45, 2.75) is 30.7 Å². The van der Waals surface area contributed by atoms with E-state index >= 15 is 0 Å². The van der Waals surface area contributed by atoms with Crippen molar-refractivity contribution >= 4 is 22.7 Å². The molecule has 1 aliphatic heterocycles. The number of aliphatic hydroxyl groups is 2. The second kappa shape index (κ2) is 11.0. The molecule has 18 heteroatoms. The van der Waals surface area contributed by atoms with Crippen LogP contribution in [-0.4, -0.2) is 74.3 Å². The summed E-state index contributed by atoms with van der Waals surface area (Å²) in [7, 11) is 1.13. The van der Waals surface area contributed by atoms with E-state index in [0.29, 0.717) is 12.1 Å². The predicted molar refractivity (Wildman–Crippen MR) is 117 cm³/mol. The van der Waals surface area contributed by atoms with E-state index in [2.05, 4.69) is 0 Å². The highest BCUT2D eigenvalue weighted by Crippen LogP contribution is 2.38. The first-order chi connectivity index (χ1) is 17.5. The molecule has 0 amide bonds. The van der Waals surface area contributed by atoms with Crippen molar-refractivity contribution in [1.82, 2.24) is 0 Å². The van der Waals surface area contributed by atoms with Gasteiger partial charge in [0.25, 0.3) is 11.4 Å². The summed E-state index contributed by atoms with van der Waals surface area (Å²) in [6.45, 7) is -0.770. The topological polar surface area (TPSA) is 250 Å². The summed E-state index contributed by atoms with van der Waals surface area (Å²) < 4.78 is 21.8. The van der Waals surface area contributed by atoms with Gasteiger partial charge < -0.3 is 29.2 Å². The van der Waals surface area contributed by atoms with E-state index in [4.69, 9.17) is 18.9 Å². The van der Waals surface area contributed by atoms with Crippen LogP contribution in [0.5, 0.6) is 11.5 Å². The summed E-state index contributed by atoms with van der Waals surface area (Å²) in [6, 6.07) is 4.89. The molecule has 198 valence electrons. The molecule has 0 radical (unpaired) electrons. The Morgan fingerprint density at radius 1 is 0.811 bits per heavy atom. The van der Waals surface area contributed by atoms with E-state index in [9.17, 15) is 50.7 Å². The van der Waals surface area contributed by atoms with E-state index in [0.717, 1.165) is 31.4 Å². The Bertz CT molecular complexity index is 1220. The smallest absolute Gasteiger partial charge is 0.317 e. The lowest BCUT2D eigenvalue weighted by atomic mass is 9.98. The lowest BCUT2D eigenvalue weighted by Crippen LogP contribution is -2.63. The summed E-state index contributed by atoms with van der Waals surface area (Å²) in [4.78, 5) is 41.4. The van der Waals surface area contributed by atoms with Crippen LogP contribution in [0, 0.1) is 40.5 Å². The molecular formula is C19H18N4O14. The summed E-state index contributed by atoms with van der Waals surface area (Å²) in [5.41, 5.74) is -2.91. The molecule has 18 nitrogen and oxygen atoms in total. The van der Waals surface area contributed by atoms with Gasteiger partial charge in [0.2, 0.25) is 0 Å². The molecule has 1 heterocycles. The molecule has 2 N–H and O–H groups in total. The van der Waals surface area contributed by atoms with Gasteiger partial charge in [-0.15, -0.1) is 0 Å². The number of nitro benzene ring substituents is 4. The Kier molecular flexibility index (Phi) is 8.07. The molecule has 5 atom stereocenters. The maximum absolute atomic E-state index is 11.5. The number of benzene rings is 2. The summed E-state index contributed by atoms with van der Waals surface area (Å²) in [5.74, 6) is -1.06. The molecule has 3 rings (SSSR count). The standard InChI is InChI=1S/C19H18N4O14/c1-34-19-18(36-14-5-3-10(21(28)29)7-12(14)23(32)33)17(16(25)15(8-24)37-19)35-13-4-2-9(20(26)27)6-11(13)22(30)31/h2-7,15-19,24-25H,8H2,1H3/t15-,16-,17+,18-,19+/m1/s1. The minimum Gasteiger partial charge on any atom is -0.476 e. The zero-order valence-electron chi connectivity index (χ0n) is 18.6. The lowest BCUT2D eigenvalue weighted by molar-refractivity contribution is -0.396. The fraction of sp³-hybridized carbons (Fsp3) is 0.368. The van der Waals surface area contributed by atoms with Crippen molar-refractivity contribution in [2.75, 3.05) is 13.7 Å². The summed E-state index contributed by atoms with van der Waals surface area (Å²) in [6.07, 6.45) is -7.85. The zero-order valence-corrected chi connectivity index (χ0v) is 18.6. The number of ether oxygens (including phenoxy) is 4. The zero-order chi connectivity index (χ0) is 27.4. The first-order valence-corrected chi connectivity index (χ1v) is 10.1. The third-order valence-electron chi connectivity index (χ3n) is 5.26. The molecular weight excluding hydrogens is 508 g/mol. The summed E-state index contributed by atoms with van der Waals surface area (Å²) in [5, 5.41) is 65.5. The van der Waals surface area contributed by atoms with Gasteiger partial charge in [0.1, 0.15) is 12.2 Å². The number of methoxy groups -OCH3 is 1. The molecule has 0 aliphatic carbocycles. The highest BCUT2D eigenvalue weighted by atomic mass is 16.7. The molecule has 0 unspecified atom stereocenters. The molecule has 1 aliphatic rings. The molecule has 37 heavy (non-hydrogen) atoms. The van der Waals surface area contributed by atoms with Gasteiger partial charge in [-0.25, -0.2) is 0 Å². The Balaban J connectivity index is 2.07. The number of non-ortho nitro benzene ring substituents is 2. The number of nitro groups is 4. The van der Waals surface area contributed by atoms with E-state index in [1.165, 1.54) is 0 Å². The average molecular weight is 526 g/mol. The van der Waals surface area contributed by atoms with Crippen molar-refractivity contribution in [1.29, 1.82) is 0 Å².